The van der Waals surface area contributed by atoms with Crippen molar-refractivity contribution in [2.45, 2.75) is 39.7 Å². The molecule has 0 saturated heterocycles. The Hall–Kier alpha value is -3.61. The van der Waals surface area contributed by atoms with Gasteiger partial charge in [-0.1, -0.05) is 55.4 Å². The van der Waals surface area contributed by atoms with Gasteiger partial charge < -0.3 is 19.3 Å². The van der Waals surface area contributed by atoms with Crippen LogP contribution in [0.2, 0.25) is 0 Å². The van der Waals surface area contributed by atoms with Crippen LogP contribution in [0.1, 0.15) is 48.3 Å². The molecule has 0 fully saturated rings. The van der Waals surface area contributed by atoms with Crippen molar-refractivity contribution in [3.8, 4) is 5.75 Å². The number of rotatable bonds is 8. The molecule has 3 aromatic rings. The van der Waals surface area contributed by atoms with Gasteiger partial charge in [-0.25, -0.2) is 4.79 Å². The van der Waals surface area contributed by atoms with E-state index >= 15 is 0 Å². The first-order valence-electron chi connectivity index (χ1n) is 10.1. The molecule has 3 rings (SSSR count). The van der Waals surface area contributed by atoms with Gasteiger partial charge >= 0.3 is 5.97 Å². The summed E-state index contributed by atoms with van der Waals surface area (Å²) < 4.78 is 16.0. The number of aryl methyl sites for hydroxylation is 2. The van der Waals surface area contributed by atoms with Crippen molar-refractivity contribution in [1.29, 1.82) is 0 Å². The summed E-state index contributed by atoms with van der Waals surface area (Å²) in [5.41, 5.74) is 2.84. The van der Waals surface area contributed by atoms with Crippen molar-refractivity contribution in [2.75, 3.05) is 11.9 Å². The maximum atomic E-state index is 12.8. The molecule has 0 saturated carbocycles. The van der Waals surface area contributed by atoms with Crippen LogP contribution in [0, 0.1) is 13.8 Å². The van der Waals surface area contributed by atoms with Crippen molar-refractivity contribution in [1.82, 2.24) is 5.16 Å². The molecule has 1 aromatic heterocycles. The first kappa shape index (κ1) is 22.1. The summed E-state index contributed by atoms with van der Waals surface area (Å²) >= 11 is 0. The number of carbonyl (C=O) groups is 2. The van der Waals surface area contributed by atoms with Crippen LogP contribution in [0.5, 0.6) is 5.75 Å². The van der Waals surface area contributed by atoms with Crippen molar-refractivity contribution >= 4 is 17.7 Å². The van der Waals surface area contributed by atoms with E-state index in [-0.39, 0.29) is 12.4 Å². The second-order valence-corrected chi connectivity index (χ2v) is 7.55. The summed E-state index contributed by atoms with van der Waals surface area (Å²) in [6.45, 7) is 7.64. The zero-order valence-electron chi connectivity index (χ0n) is 18.0. The number of nitrogens with one attached hydrogen (secondary N) is 1. The summed E-state index contributed by atoms with van der Waals surface area (Å²) in [7, 11) is 0. The van der Waals surface area contributed by atoms with Gasteiger partial charge in [-0.3, -0.25) is 4.79 Å². The number of aromatic nitrogens is 1. The third-order valence-electron chi connectivity index (χ3n) is 4.69. The van der Waals surface area contributed by atoms with Gasteiger partial charge in [-0.15, -0.1) is 0 Å². The number of hydrogen-bond donors (Lipinski definition) is 1. The molecular formula is C24H26N2O5. The maximum absolute atomic E-state index is 12.8. The molecule has 0 radical (unpaired) electrons. The lowest BCUT2D eigenvalue weighted by molar-refractivity contribution is -0.156. The lowest BCUT2D eigenvalue weighted by atomic mass is 9.98. The van der Waals surface area contributed by atoms with Gasteiger partial charge in [0.15, 0.2) is 12.4 Å². The highest BCUT2D eigenvalue weighted by Gasteiger charge is 2.26. The van der Waals surface area contributed by atoms with Crippen molar-refractivity contribution in [2.24, 2.45) is 0 Å². The van der Waals surface area contributed by atoms with E-state index in [9.17, 15) is 9.59 Å². The Morgan fingerprint density at radius 3 is 2.42 bits per heavy atom. The highest BCUT2D eigenvalue weighted by molar-refractivity contribution is 5.95. The summed E-state index contributed by atoms with van der Waals surface area (Å²) in [5, 5.41) is 6.35. The molecule has 1 heterocycles. The molecule has 0 aliphatic rings. The predicted octanol–water partition coefficient (Wildman–Crippen LogP) is 4.72. The van der Waals surface area contributed by atoms with Crippen molar-refractivity contribution in [3.05, 3.63) is 77.0 Å². The van der Waals surface area contributed by atoms with Gasteiger partial charge in [-0.2, -0.15) is 0 Å². The van der Waals surface area contributed by atoms with E-state index in [1.54, 1.807) is 37.3 Å². The molecule has 0 spiro atoms. The molecule has 0 aliphatic heterocycles. The summed E-state index contributed by atoms with van der Waals surface area (Å²) in [4.78, 5) is 25.2. The lowest BCUT2D eigenvalue weighted by Gasteiger charge is -2.18. The number of benzene rings is 2. The van der Waals surface area contributed by atoms with E-state index in [1.165, 1.54) is 5.56 Å². The molecule has 1 unspecified atom stereocenters. The molecule has 1 atom stereocenters. The van der Waals surface area contributed by atoms with Gasteiger partial charge in [0, 0.05) is 11.6 Å². The molecule has 162 valence electrons. The zero-order valence-corrected chi connectivity index (χ0v) is 18.0. The zero-order chi connectivity index (χ0) is 22.4. The third-order valence-corrected chi connectivity index (χ3v) is 4.69. The van der Waals surface area contributed by atoms with Gasteiger partial charge in [0.05, 0.1) is 0 Å². The molecule has 31 heavy (non-hydrogen) atoms. The standard InChI is InChI=1S/C24H26N2O5/c1-15(2)20-11-10-19(12-16(20)3)29-14-22(27)30-23(18-8-6-5-7-9-18)24(28)25-21-13-17(4)31-26-21/h5-13,15,23H,14H2,1-4H3,(H,25,26,28). The van der Waals surface area contributed by atoms with Crippen LogP contribution in [-0.2, 0) is 14.3 Å². The minimum Gasteiger partial charge on any atom is -0.482 e. The smallest absolute Gasteiger partial charge is 0.345 e. The molecule has 1 amide bonds. The molecular weight excluding hydrogens is 396 g/mol. The fourth-order valence-electron chi connectivity index (χ4n) is 3.21. The Morgan fingerprint density at radius 1 is 1.06 bits per heavy atom. The van der Waals surface area contributed by atoms with Crippen molar-refractivity contribution < 1.29 is 23.6 Å². The van der Waals surface area contributed by atoms with Crippen LogP contribution in [0.15, 0.2) is 59.1 Å². The average Bonchev–Trinajstić information content (AvgIpc) is 3.15. The quantitative estimate of drug-likeness (QED) is 0.529. The molecule has 1 N–H and O–H groups in total. The molecule has 7 heteroatoms. The van der Waals surface area contributed by atoms with Gasteiger partial charge in [0.1, 0.15) is 11.5 Å². The Labute approximate surface area is 181 Å². The third kappa shape index (κ3) is 5.94. The van der Waals surface area contributed by atoms with E-state index in [0.717, 1.165) is 5.56 Å². The Bertz CT molecular complexity index is 1040. The number of hydrogen-bond acceptors (Lipinski definition) is 6. The number of nitrogens with zero attached hydrogens (tertiary/aromatic N) is 1. The SMILES string of the molecule is Cc1cc(NC(=O)C(OC(=O)COc2ccc(C(C)C)c(C)c2)c2ccccc2)no1. The average molecular weight is 422 g/mol. The lowest BCUT2D eigenvalue weighted by Crippen LogP contribution is -2.28. The predicted molar refractivity (Wildman–Crippen MR) is 116 cm³/mol. The largest absolute Gasteiger partial charge is 0.482 e. The summed E-state index contributed by atoms with van der Waals surface area (Å²) in [6.07, 6.45) is -1.15. The Kier molecular flexibility index (Phi) is 7.07. The number of esters is 1. The van der Waals surface area contributed by atoms with Crippen LogP contribution in [0.3, 0.4) is 0 Å². The minimum absolute atomic E-state index is 0.247. The van der Waals surface area contributed by atoms with Crippen LogP contribution in [0.4, 0.5) is 5.82 Å². The molecule has 7 nitrogen and oxygen atoms in total. The second-order valence-electron chi connectivity index (χ2n) is 7.55. The maximum Gasteiger partial charge on any atom is 0.345 e. The molecule has 0 bridgehead atoms. The Morgan fingerprint density at radius 2 is 1.81 bits per heavy atom. The Balaban J connectivity index is 1.67. The first-order chi connectivity index (χ1) is 14.8. The summed E-state index contributed by atoms with van der Waals surface area (Å²) in [5.74, 6) is 0.568. The van der Waals surface area contributed by atoms with Gasteiger partial charge in [0.2, 0.25) is 6.10 Å². The van der Waals surface area contributed by atoms with E-state index in [1.807, 2.05) is 31.2 Å². The number of amides is 1. The van der Waals surface area contributed by atoms with Crippen LogP contribution in [-0.4, -0.2) is 23.6 Å². The fourth-order valence-corrected chi connectivity index (χ4v) is 3.21. The number of ether oxygens (including phenoxy) is 2. The number of anilines is 1. The molecule has 2 aromatic carbocycles. The van der Waals surface area contributed by atoms with E-state index < -0.39 is 18.0 Å². The van der Waals surface area contributed by atoms with Crippen LogP contribution in [0.25, 0.3) is 0 Å². The van der Waals surface area contributed by atoms with Crippen LogP contribution < -0.4 is 10.1 Å². The van der Waals surface area contributed by atoms with Crippen LogP contribution >= 0.6 is 0 Å². The second kappa shape index (κ2) is 9.93. The van der Waals surface area contributed by atoms with E-state index in [4.69, 9.17) is 14.0 Å². The summed E-state index contributed by atoms with van der Waals surface area (Å²) in [6, 6.07) is 16.0. The van der Waals surface area contributed by atoms with Gasteiger partial charge in [0.25, 0.3) is 5.91 Å². The van der Waals surface area contributed by atoms with E-state index in [2.05, 4.69) is 24.3 Å². The van der Waals surface area contributed by atoms with E-state index in [0.29, 0.717) is 23.0 Å². The number of carbonyl (C=O) groups excluding carboxylic acids is 2. The normalized spacial score (nSPS) is 11.8. The molecule has 0 aliphatic carbocycles. The fraction of sp³-hybridized carbons (Fsp3) is 0.292. The van der Waals surface area contributed by atoms with Crippen molar-refractivity contribution in [3.63, 3.8) is 0 Å². The highest BCUT2D eigenvalue weighted by Crippen LogP contribution is 2.24. The minimum atomic E-state index is -1.15. The van der Waals surface area contributed by atoms with Gasteiger partial charge in [-0.05, 0) is 43.0 Å². The highest BCUT2D eigenvalue weighted by atomic mass is 16.6. The topological polar surface area (TPSA) is 90.7 Å². The first-order valence-corrected chi connectivity index (χ1v) is 10.1. The monoisotopic (exact) mass is 422 g/mol.